The Morgan fingerprint density at radius 2 is 1.62 bits per heavy atom. The molecular weight excluding hydrogens is 420 g/mol. The summed E-state index contributed by atoms with van der Waals surface area (Å²) in [6, 6.07) is 10.6. The number of carbonyl (C=O) groups is 2. The number of piperazine rings is 1. The second kappa shape index (κ2) is 9.91. The van der Waals surface area contributed by atoms with E-state index in [1.54, 1.807) is 23.1 Å². The molecule has 2 aromatic carbocycles. The molecule has 0 aromatic heterocycles. The van der Waals surface area contributed by atoms with Crippen LogP contribution in [0.25, 0.3) is 0 Å². The van der Waals surface area contributed by atoms with Crippen LogP contribution < -0.4 is 10.1 Å². The lowest BCUT2D eigenvalue weighted by Gasteiger charge is -2.34. The van der Waals surface area contributed by atoms with Gasteiger partial charge in [-0.05, 0) is 36.4 Å². The highest BCUT2D eigenvalue weighted by Crippen LogP contribution is 2.32. The Bertz CT molecular complexity index is 852. The maximum Gasteiger partial charge on any atom is 0.260 e. The highest BCUT2D eigenvalue weighted by atomic mass is 35.5. The smallest absolute Gasteiger partial charge is 0.260 e. The number of anilines is 1. The van der Waals surface area contributed by atoms with E-state index in [0.717, 1.165) is 0 Å². The van der Waals surface area contributed by atoms with Crippen molar-refractivity contribution in [2.24, 2.45) is 0 Å². The largest absolute Gasteiger partial charge is 0.481 e. The monoisotopic (exact) mass is 439 g/mol. The number of amides is 2. The van der Waals surface area contributed by atoms with Crippen LogP contribution in [0.5, 0.6) is 5.75 Å². The third kappa shape index (κ3) is 6.06. The summed E-state index contributed by atoms with van der Waals surface area (Å²) >= 11 is 12.1. The predicted octanol–water partition coefficient (Wildman–Crippen LogP) is 3.29. The van der Waals surface area contributed by atoms with Crippen molar-refractivity contribution in [1.82, 2.24) is 9.80 Å². The summed E-state index contributed by atoms with van der Waals surface area (Å²) in [5, 5.41) is 3.43. The average molecular weight is 440 g/mol. The summed E-state index contributed by atoms with van der Waals surface area (Å²) in [6.45, 7) is 2.15. The van der Waals surface area contributed by atoms with E-state index in [9.17, 15) is 14.0 Å². The predicted molar refractivity (Wildman–Crippen MR) is 110 cm³/mol. The van der Waals surface area contributed by atoms with Crippen LogP contribution in [0, 0.1) is 5.82 Å². The zero-order valence-corrected chi connectivity index (χ0v) is 17.0. The van der Waals surface area contributed by atoms with Gasteiger partial charge in [-0.25, -0.2) is 4.39 Å². The molecule has 0 bridgehead atoms. The minimum Gasteiger partial charge on any atom is -0.481 e. The first-order valence-corrected chi connectivity index (χ1v) is 9.80. The van der Waals surface area contributed by atoms with Gasteiger partial charge in [0.2, 0.25) is 5.91 Å². The Morgan fingerprint density at radius 3 is 2.24 bits per heavy atom. The molecule has 0 unspecified atom stereocenters. The lowest BCUT2D eigenvalue weighted by molar-refractivity contribution is -0.135. The maximum absolute atomic E-state index is 12.9. The molecule has 2 amide bonds. The molecule has 1 aliphatic heterocycles. The van der Waals surface area contributed by atoms with Gasteiger partial charge in [-0.1, -0.05) is 29.3 Å². The Balaban J connectivity index is 1.42. The van der Waals surface area contributed by atoms with E-state index in [4.69, 9.17) is 27.9 Å². The molecule has 1 saturated heterocycles. The van der Waals surface area contributed by atoms with Crippen LogP contribution in [0.4, 0.5) is 10.1 Å². The van der Waals surface area contributed by atoms with Crippen molar-refractivity contribution in [2.75, 3.05) is 44.6 Å². The van der Waals surface area contributed by atoms with E-state index < -0.39 is 0 Å². The number of benzene rings is 2. The fourth-order valence-corrected chi connectivity index (χ4v) is 3.44. The molecule has 6 nitrogen and oxygen atoms in total. The van der Waals surface area contributed by atoms with Crippen molar-refractivity contribution in [2.45, 2.75) is 0 Å². The van der Waals surface area contributed by atoms with Crippen LogP contribution in [-0.4, -0.2) is 60.9 Å². The van der Waals surface area contributed by atoms with Crippen molar-refractivity contribution in [3.8, 4) is 5.75 Å². The summed E-state index contributed by atoms with van der Waals surface area (Å²) in [7, 11) is 0. The van der Waals surface area contributed by atoms with E-state index in [1.165, 1.54) is 24.3 Å². The minimum atomic E-state index is -0.357. The van der Waals surface area contributed by atoms with Crippen molar-refractivity contribution >= 4 is 40.7 Å². The summed E-state index contributed by atoms with van der Waals surface area (Å²) < 4.78 is 18.4. The fraction of sp³-hybridized carbons (Fsp3) is 0.300. The lowest BCUT2D eigenvalue weighted by atomic mass is 10.3. The van der Waals surface area contributed by atoms with Crippen LogP contribution in [0.1, 0.15) is 0 Å². The van der Waals surface area contributed by atoms with Crippen LogP contribution in [0.15, 0.2) is 42.5 Å². The highest BCUT2D eigenvalue weighted by molar-refractivity contribution is 6.37. The molecule has 0 radical (unpaired) electrons. The number of hydrogen-bond donors (Lipinski definition) is 1. The van der Waals surface area contributed by atoms with Crippen LogP contribution in [-0.2, 0) is 9.59 Å². The number of rotatable bonds is 6. The van der Waals surface area contributed by atoms with E-state index in [-0.39, 0.29) is 30.8 Å². The van der Waals surface area contributed by atoms with E-state index in [1.807, 2.05) is 4.90 Å². The second-order valence-electron chi connectivity index (χ2n) is 6.55. The fourth-order valence-electron chi connectivity index (χ4n) is 2.94. The summed E-state index contributed by atoms with van der Waals surface area (Å²) in [6.07, 6.45) is 0. The summed E-state index contributed by atoms with van der Waals surface area (Å²) in [5.41, 5.74) is 0.542. The van der Waals surface area contributed by atoms with Crippen molar-refractivity contribution in [3.63, 3.8) is 0 Å². The molecule has 29 heavy (non-hydrogen) atoms. The molecule has 1 N–H and O–H groups in total. The second-order valence-corrected chi connectivity index (χ2v) is 7.37. The molecule has 0 aliphatic carbocycles. The highest BCUT2D eigenvalue weighted by Gasteiger charge is 2.23. The average Bonchev–Trinajstić information content (AvgIpc) is 2.70. The molecule has 3 rings (SSSR count). The number of carbonyl (C=O) groups excluding carboxylic acids is 2. The van der Waals surface area contributed by atoms with Gasteiger partial charge in [0.25, 0.3) is 5.91 Å². The third-order valence-corrected chi connectivity index (χ3v) is 5.07. The van der Waals surface area contributed by atoms with E-state index in [0.29, 0.717) is 47.7 Å². The zero-order chi connectivity index (χ0) is 20.8. The molecule has 0 spiro atoms. The normalized spacial score (nSPS) is 14.5. The Hall–Kier alpha value is -2.35. The molecule has 2 aromatic rings. The van der Waals surface area contributed by atoms with Gasteiger partial charge < -0.3 is 15.0 Å². The summed E-state index contributed by atoms with van der Waals surface area (Å²) in [5.74, 6) is -0.422. The van der Waals surface area contributed by atoms with Gasteiger partial charge in [-0.2, -0.15) is 0 Å². The van der Waals surface area contributed by atoms with Crippen LogP contribution in [0.3, 0.4) is 0 Å². The van der Waals surface area contributed by atoms with Gasteiger partial charge in [0.1, 0.15) is 5.82 Å². The first kappa shape index (κ1) is 21.4. The summed E-state index contributed by atoms with van der Waals surface area (Å²) in [4.78, 5) is 28.1. The van der Waals surface area contributed by atoms with Gasteiger partial charge in [0.15, 0.2) is 12.4 Å². The Kier molecular flexibility index (Phi) is 7.30. The van der Waals surface area contributed by atoms with Crippen LogP contribution >= 0.6 is 23.2 Å². The minimum absolute atomic E-state index is 0.158. The van der Waals surface area contributed by atoms with Gasteiger partial charge in [-0.15, -0.1) is 0 Å². The first-order chi connectivity index (χ1) is 13.9. The SMILES string of the molecule is O=C(CN1CCN(C(=O)COc2c(Cl)cccc2Cl)CC1)Nc1ccc(F)cc1. The topological polar surface area (TPSA) is 61.9 Å². The molecule has 9 heteroatoms. The van der Waals surface area contributed by atoms with Gasteiger partial charge in [0, 0.05) is 31.9 Å². The van der Waals surface area contributed by atoms with Gasteiger partial charge >= 0.3 is 0 Å². The van der Waals surface area contributed by atoms with E-state index >= 15 is 0 Å². The van der Waals surface area contributed by atoms with Crippen molar-refractivity contribution in [3.05, 3.63) is 58.3 Å². The maximum atomic E-state index is 12.9. The standard InChI is InChI=1S/C20H20Cl2FN3O3/c21-16-2-1-3-17(22)20(16)29-13-19(28)26-10-8-25(9-11-26)12-18(27)24-15-6-4-14(23)5-7-15/h1-7H,8-13H2,(H,24,27). The number of nitrogens with one attached hydrogen (secondary N) is 1. The van der Waals surface area contributed by atoms with Crippen LogP contribution in [0.2, 0.25) is 10.0 Å². The first-order valence-electron chi connectivity index (χ1n) is 9.05. The number of ether oxygens (including phenoxy) is 1. The molecular formula is C20H20Cl2FN3O3. The van der Waals surface area contributed by atoms with E-state index in [2.05, 4.69) is 5.32 Å². The molecule has 0 atom stereocenters. The molecule has 154 valence electrons. The molecule has 1 heterocycles. The number of hydrogen-bond acceptors (Lipinski definition) is 4. The number of para-hydroxylation sites is 1. The number of halogens is 3. The Morgan fingerprint density at radius 1 is 1.00 bits per heavy atom. The van der Waals surface area contributed by atoms with Crippen molar-refractivity contribution in [1.29, 1.82) is 0 Å². The number of nitrogens with zero attached hydrogens (tertiary/aromatic N) is 2. The van der Waals surface area contributed by atoms with Gasteiger partial charge in [-0.3, -0.25) is 14.5 Å². The molecule has 1 aliphatic rings. The zero-order valence-electron chi connectivity index (χ0n) is 15.5. The Labute approximate surface area is 178 Å². The third-order valence-electron chi connectivity index (χ3n) is 4.48. The quantitative estimate of drug-likeness (QED) is 0.749. The van der Waals surface area contributed by atoms with Crippen molar-refractivity contribution < 1.29 is 18.7 Å². The lowest BCUT2D eigenvalue weighted by Crippen LogP contribution is -2.51. The molecule has 1 fully saturated rings. The molecule has 0 saturated carbocycles. The van der Waals surface area contributed by atoms with Gasteiger partial charge in [0.05, 0.1) is 16.6 Å².